The molecule has 4 amide bonds. The van der Waals surface area contributed by atoms with Crippen LogP contribution in [0.3, 0.4) is 0 Å². The highest BCUT2D eigenvalue weighted by atomic mass is 16.2. The second-order valence-electron chi connectivity index (χ2n) is 20.8. The lowest BCUT2D eigenvalue weighted by Crippen LogP contribution is -2.42. The quantitative estimate of drug-likeness (QED) is 0.0227. The van der Waals surface area contributed by atoms with E-state index in [9.17, 15) is 19.2 Å². The Morgan fingerprint density at radius 2 is 0.545 bits per heavy atom. The van der Waals surface area contributed by atoms with E-state index in [0.717, 1.165) is 181 Å². The van der Waals surface area contributed by atoms with Crippen LogP contribution in [0.2, 0.25) is 0 Å². The first kappa shape index (κ1) is 72.4. The number of rotatable bonds is 55. The summed E-state index contributed by atoms with van der Waals surface area (Å²) in [7, 11) is 1.96. The first-order valence-electron chi connectivity index (χ1n) is 29.1. The molecule has 0 aromatic heterocycles. The second-order valence-corrected chi connectivity index (χ2v) is 20.8. The van der Waals surface area contributed by atoms with Crippen molar-refractivity contribution in [2.45, 2.75) is 191 Å². The highest BCUT2D eigenvalue weighted by Gasteiger charge is 2.18. The number of hydrogen-bond donors (Lipinski definition) is 17. The van der Waals surface area contributed by atoms with Crippen molar-refractivity contribution < 1.29 is 19.2 Å². The average Bonchev–Trinajstić information content (AvgIpc) is 3.38. The third kappa shape index (κ3) is 45.1. The van der Waals surface area contributed by atoms with Crippen molar-refractivity contribution in [1.29, 1.82) is 21.6 Å². The molecule has 77 heavy (non-hydrogen) atoms. The first-order chi connectivity index (χ1) is 36.9. The van der Waals surface area contributed by atoms with E-state index < -0.39 is 24.2 Å². The van der Waals surface area contributed by atoms with Gasteiger partial charge >= 0.3 is 0 Å². The zero-order chi connectivity index (χ0) is 57.5. The Balaban J connectivity index is 5.53. The van der Waals surface area contributed by atoms with Crippen LogP contribution in [0.15, 0.2) is 0 Å². The number of amidine groups is 4. The number of nitrogens with one attached hydrogen (secondary N) is 9. The predicted molar refractivity (Wildman–Crippen MR) is 315 cm³/mol. The van der Waals surface area contributed by atoms with Crippen LogP contribution < -0.4 is 72.5 Å². The van der Waals surface area contributed by atoms with E-state index in [1.165, 1.54) is 0 Å². The van der Waals surface area contributed by atoms with E-state index in [4.69, 9.17) is 67.5 Å². The average molecular weight is 1090 g/mol. The van der Waals surface area contributed by atoms with Crippen LogP contribution in [-0.2, 0) is 19.2 Å². The van der Waals surface area contributed by atoms with Gasteiger partial charge in [-0.05, 0) is 149 Å². The molecule has 0 rings (SSSR count). The summed E-state index contributed by atoms with van der Waals surface area (Å²) in [6.45, 7) is 10.3. The predicted octanol–water partition coefficient (Wildman–Crippen LogP) is 0.772. The maximum Gasteiger partial charge on any atom is 0.236 e. The Morgan fingerprint density at radius 3 is 0.766 bits per heavy atom. The van der Waals surface area contributed by atoms with Crippen LogP contribution in [0.5, 0.6) is 0 Å². The van der Waals surface area contributed by atoms with Gasteiger partial charge in [-0.2, -0.15) is 0 Å². The minimum atomic E-state index is -0.582. The Labute approximate surface area is 463 Å². The number of nitrogens with zero attached hydrogens (tertiary/aromatic N) is 3. The van der Waals surface area contributed by atoms with Gasteiger partial charge < -0.3 is 87.2 Å². The van der Waals surface area contributed by atoms with Crippen molar-refractivity contribution in [1.82, 2.24) is 41.3 Å². The van der Waals surface area contributed by atoms with E-state index in [1.807, 2.05) is 7.05 Å². The third-order valence-electron chi connectivity index (χ3n) is 13.6. The Hall–Kier alpha value is -4.56. The minimum absolute atomic E-state index is 0.158. The van der Waals surface area contributed by atoms with Gasteiger partial charge in [0.15, 0.2) is 0 Å². The van der Waals surface area contributed by atoms with E-state index in [0.29, 0.717) is 77.5 Å². The Morgan fingerprint density at radius 1 is 0.325 bits per heavy atom. The molecule has 24 heteroatoms. The molecule has 0 aliphatic carbocycles. The normalized spacial score (nSPS) is 13.0. The molecule has 0 unspecified atom stereocenters. The third-order valence-corrected chi connectivity index (χ3v) is 13.6. The molecule has 0 saturated heterocycles. The summed E-state index contributed by atoms with van der Waals surface area (Å²) in [5.41, 5.74) is 46.6. The van der Waals surface area contributed by atoms with Gasteiger partial charge in [0, 0.05) is 65.0 Å². The number of nitrogens with two attached hydrogens (primary N) is 8. The highest BCUT2D eigenvalue weighted by molar-refractivity contribution is 5.83. The van der Waals surface area contributed by atoms with Crippen molar-refractivity contribution in [2.24, 2.45) is 45.9 Å². The van der Waals surface area contributed by atoms with Crippen molar-refractivity contribution in [2.75, 3.05) is 98.7 Å². The summed E-state index contributed by atoms with van der Waals surface area (Å²) in [6.07, 6.45) is 19.3. The molecule has 448 valence electrons. The molecule has 0 heterocycles. The summed E-state index contributed by atoms with van der Waals surface area (Å²) in [5.74, 6) is 0.0583. The van der Waals surface area contributed by atoms with Crippen LogP contribution in [0.1, 0.15) is 167 Å². The zero-order valence-corrected chi connectivity index (χ0v) is 47.7. The first-order valence-corrected chi connectivity index (χ1v) is 29.1. The SMILES string of the molecule is CNCCN(CCCN(CCCNC(=O)[C@@H](N)CCCCCC(=N)N)CCCNC(=O)[C@@H](N)CCCCCC(=N)N)CCCN(CCCNC(=O)[C@@H](N)CCCCCC(=N)N)CCCNC(=O)[C@@H](N)CCCCCC(=N)N. The number of hydrogen-bond acceptors (Lipinski definition) is 16. The maximum absolute atomic E-state index is 12.8. The second kappa shape index (κ2) is 48.6. The van der Waals surface area contributed by atoms with Gasteiger partial charge in [0.2, 0.25) is 23.6 Å². The molecule has 0 fully saturated rings. The van der Waals surface area contributed by atoms with Gasteiger partial charge in [-0.1, -0.05) is 51.4 Å². The summed E-state index contributed by atoms with van der Waals surface area (Å²) < 4.78 is 0. The fourth-order valence-electron chi connectivity index (χ4n) is 8.84. The Kier molecular flexibility index (Phi) is 45.7. The topological polar surface area (TPSA) is 442 Å². The molecule has 0 aromatic rings. The largest absolute Gasteiger partial charge is 0.388 e. The summed E-state index contributed by atoms with van der Waals surface area (Å²) in [6, 6.07) is -2.33. The molecule has 0 aliphatic rings. The monoisotopic (exact) mass is 1090 g/mol. The Bertz CT molecular complexity index is 1400. The van der Waals surface area contributed by atoms with Gasteiger partial charge in [-0.25, -0.2) is 0 Å². The summed E-state index contributed by atoms with van der Waals surface area (Å²) >= 11 is 0. The fourth-order valence-corrected chi connectivity index (χ4v) is 8.84. The van der Waals surface area contributed by atoms with E-state index in [2.05, 4.69) is 41.3 Å². The summed E-state index contributed by atoms with van der Waals surface area (Å²) in [5, 5.41) is 44.9. The van der Waals surface area contributed by atoms with Gasteiger partial charge in [0.25, 0.3) is 0 Å². The number of carbonyl (C=O) groups is 4. The van der Waals surface area contributed by atoms with Crippen molar-refractivity contribution >= 4 is 47.0 Å². The lowest BCUT2D eigenvalue weighted by molar-refractivity contribution is -0.123. The lowest BCUT2D eigenvalue weighted by Gasteiger charge is -2.28. The van der Waals surface area contributed by atoms with E-state index in [1.54, 1.807) is 0 Å². The van der Waals surface area contributed by atoms with E-state index in [-0.39, 0.29) is 47.0 Å². The molecule has 4 atom stereocenters. The molecule has 0 aliphatic heterocycles. The number of carbonyl (C=O) groups excluding carboxylic acids is 4. The molecule has 24 nitrogen and oxygen atoms in total. The molecular weight excluding hydrogens is 981 g/mol. The van der Waals surface area contributed by atoms with E-state index >= 15 is 0 Å². The smallest absolute Gasteiger partial charge is 0.236 e. The molecule has 0 spiro atoms. The van der Waals surface area contributed by atoms with Crippen LogP contribution in [-0.4, -0.2) is 185 Å². The lowest BCUT2D eigenvalue weighted by atomic mass is 10.1. The molecular formula is C53H112N20O4. The van der Waals surface area contributed by atoms with Crippen molar-refractivity contribution in [3.05, 3.63) is 0 Å². The number of likely N-dealkylation sites (N-methyl/N-ethyl adjacent to an activating group) is 1. The van der Waals surface area contributed by atoms with Gasteiger partial charge in [0.1, 0.15) is 0 Å². The molecule has 0 bridgehead atoms. The highest BCUT2D eigenvalue weighted by Crippen LogP contribution is 2.09. The fraction of sp³-hybridized carbons (Fsp3) is 0.849. The number of amides is 4. The summed E-state index contributed by atoms with van der Waals surface area (Å²) in [4.78, 5) is 58.4. The van der Waals surface area contributed by atoms with Crippen molar-refractivity contribution in [3.63, 3.8) is 0 Å². The molecule has 0 aromatic carbocycles. The van der Waals surface area contributed by atoms with Crippen molar-refractivity contribution in [3.8, 4) is 0 Å². The standard InChI is InChI=1S/C53H112N20O4/c1-66-32-41-73(39-18-37-71(33-14-28-67-50(74)42(54)20-6-2-10-24-46(58)59)34-15-29-68-51(75)43(55)21-7-3-11-25-47(60)61)40-19-38-72(35-16-30-69-52(76)44(56)22-8-4-12-26-48(62)63)36-17-31-70-53(77)45(57)23-9-5-13-27-49(64)65/h42-45,66H,2-41,54-57H2,1H3,(H3,58,59)(H3,60,61)(H3,62,63)(H3,64,65)(H,67,74)(H,68,75)(H,69,76)(H,70,77)/t42-,43-,44-,45-/m0/s1. The molecule has 25 N–H and O–H groups in total. The minimum Gasteiger partial charge on any atom is -0.388 e. The van der Waals surface area contributed by atoms with Gasteiger partial charge in [-0.3, -0.25) is 40.8 Å². The molecule has 0 saturated carbocycles. The van der Waals surface area contributed by atoms with Crippen LogP contribution in [0.25, 0.3) is 0 Å². The van der Waals surface area contributed by atoms with Crippen LogP contribution in [0.4, 0.5) is 0 Å². The van der Waals surface area contributed by atoms with Gasteiger partial charge in [-0.15, -0.1) is 0 Å². The van der Waals surface area contributed by atoms with Crippen LogP contribution >= 0.6 is 0 Å². The number of unbranched alkanes of at least 4 members (excludes halogenated alkanes) is 8. The maximum atomic E-state index is 12.8. The zero-order valence-electron chi connectivity index (χ0n) is 47.7. The van der Waals surface area contributed by atoms with Gasteiger partial charge in [0.05, 0.1) is 47.5 Å². The molecule has 0 radical (unpaired) electrons. The van der Waals surface area contributed by atoms with Crippen LogP contribution in [0, 0.1) is 21.6 Å².